The fourth-order valence-corrected chi connectivity index (χ4v) is 1.03. The molecule has 0 amide bonds. The number of carbonyl (C=O) groups excluding carboxylic acids is 1. The molecule has 0 aliphatic rings. The Hall–Kier alpha value is -0.530. The summed E-state index contributed by atoms with van der Waals surface area (Å²) in [6.45, 7) is 6.42. The summed E-state index contributed by atoms with van der Waals surface area (Å²) in [6, 6.07) is 0. The minimum atomic E-state index is -0.0440. The third-order valence-corrected chi connectivity index (χ3v) is 1.89. The monoisotopic (exact) mass is 185 g/mol. The van der Waals surface area contributed by atoms with E-state index < -0.39 is 0 Å². The minimum absolute atomic E-state index is 0.0440. The summed E-state index contributed by atoms with van der Waals surface area (Å²) >= 11 is 0. The van der Waals surface area contributed by atoms with Crippen LogP contribution in [-0.2, 0) is 9.53 Å². The standard InChI is InChI=1S/C11H21O2/c1-3-5-7-8-9-11(12)13-10-6-4-2/h1,3-10H2,2H3. The highest BCUT2D eigenvalue weighted by atomic mass is 16.5. The Morgan fingerprint density at radius 3 is 2.62 bits per heavy atom. The molecule has 0 saturated heterocycles. The van der Waals surface area contributed by atoms with E-state index in [1.165, 1.54) is 0 Å². The maximum absolute atomic E-state index is 11.0. The van der Waals surface area contributed by atoms with Gasteiger partial charge in [0, 0.05) is 6.42 Å². The SMILES string of the molecule is [CH2]CCCCCC(=O)OCCCC. The van der Waals surface area contributed by atoms with Crippen molar-refractivity contribution in [1.82, 2.24) is 0 Å². The van der Waals surface area contributed by atoms with Crippen LogP contribution in [0.5, 0.6) is 0 Å². The highest BCUT2D eigenvalue weighted by Gasteiger charge is 2.00. The summed E-state index contributed by atoms with van der Waals surface area (Å²) in [4.78, 5) is 11.0. The van der Waals surface area contributed by atoms with Gasteiger partial charge in [0.1, 0.15) is 0 Å². The predicted molar refractivity (Wildman–Crippen MR) is 54.3 cm³/mol. The Bertz CT molecular complexity index is 121. The van der Waals surface area contributed by atoms with Crippen LogP contribution in [0.2, 0.25) is 0 Å². The van der Waals surface area contributed by atoms with E-state index >= 15 is 0 Å². The summed E-state index contributed by atoms with van der Waals surface area (Å²) in [6.07, 6.45) is 6.74. The van der Waals surface area contributed by atoms with Gasteiger partial charge in [0.2, 0.25) is 0 Å². The molecule has 2 nitrogen and oxygen atoms in total. The van der Waals surface area contributed by atoms with Gasteiger partial charge < -0.3 is 4.74 Å². The lowest BCUT2D eigenvalue weighted by molar-refractivity contribution is -0.143. The zero-order chi connectivity index (χ0) is 9.94. The van der Waals surface area contributed by atoms with E-state index in [0.717, 1.165) is 38.5 Å². The number of unbranched alkanes of at least 4 members (excludes halogenated alkanes) is 4. The van der Waals surface area contributed by atoms with Crippen LogP contribution in [0, 0.1) is 6.92 Å². The lowest BCUT2D eigenvalue weighted by Crippen LogP contribution is -2.05. The van der Waals surface area contributed by atoms with Gasteiger partial charge in [-0.05, 0) is 12.8 Å². The Morgan fingerprint density at radius 2 is 2.00 bits per heavy atom. The molecule has 0 aliphatic carbocycles. The Morgan fingerprint density at radius 1 is 1.23 bits per heavy atom. The highest BCUT2D eigenvalue weighted by molar-refractivity contribution is 5.69. The molecule has 0 rings (SSSR count). The number of esters is 1. The first kappa shape index (κ1) is 12.5. The normalized spacial score (nSPS) is 10.0. The first-order chi connectivity index (χ1) is 6.31. The lowest BCUT2D eigenvalue weighted by Gasteiger charge is -2.02. The minimum Gasteiger partial charge on any atom is -0.466 e. The summed E-state index contributed by atoms with van der Waals surface area (Å²) in [5.74, 6) is -0.0440. The zero-order valence-corrected chi connectivity index (χ0v) is 8.68. The van der Waals surface area contributed by atoms with Crippen LogP contribution < -0.4 is 0 Å². The second-order valence-corrected chi connectivity index (χ2v) is 3.24. The Labute approximate surface area is 81.7 Å². The third-order valence-electron chi connectivity index (χ3n) is 1.89. The molecular formula is C11H21O2. The van der Waals surface area contributed by atoms with Crippen LogP contribution in [-0.4, -0.2) is 12.6 Å². The van der Waals surface area contributed by atoms with Crippen molar-refractivity contribution in [3.63, 3.8) is 0 Å². The fraction of sp³-hybridized carbons (Fsp3) is 0.818. The average molecular weight is 185 g/mol. The van der Waals surface area contributed by atoms with E-state index in [0.29, 0.717) is 13.0 Å². The number of rotatable bonds is 8. The summed E-state index contributed by atoms with van der Waals surface area (Å²) < 4.78 is 5.01. The molecule has 0 aromatic rings. The molecule has 0 fully saturated rings. The van der Waals surface area contributed by atoms with Crippen molar-refractivity contribution < 1.29 is 9.53 Å². The molecule has 2 heteroatoms. The molecule has 77 valence electrons. The molecule has 1 radical (unpaired) electrons. The van der Waals surface area contributed by atoms with Gasteiger partial charge >= 0.3 is 5.97 Å². The van der Waals surface area contributed by atoms with E-state index in [1.807, 2.05) is 0 Å². The second kappa shape index (κ2) is 9.56. The summed E-state index contributed by atoms with van der Waals surface area (Å²) in [5, 5.41) is 0. The van der Waals surface area contributed by atoms with Gasteiger partial charge in [0.25, 0.3) is 0 Å². The van der Waals surface area contributed by atoms with Crippen LogP contribution in [0.25, 0.3) is 0 Å². The third kappa shape index (κ3) is 9.38. The molecule has 13 heavy (non-hydrogen) atoms. The predicted octanol–water partition coefficient (Wildman–Crippen LogP) is 3.11. The highest BCUT2D eigenvalue weighted by Crippen LogP contribution is 2.03. The molecule has 0 N–H and O–H groups in total. The van der Waals surface area contributed by atoms with Gasteiger partial charge in [-0.3, -0.25) is 4.79 Å². The topological polar surface area (TPSA) is 26.3 Å². The van der Waals surface area contributed by atoms with Gasteiger partial charge in [0.15, 0.2) is 0 Å². The number of ether oxygens (including phenoxy) is 1. The van der Waals surface area contributed by atoms with E-state index in [9.17, 15) is 4.79 Å². The molecule has 0 saturated carbocycles. The molecule has 0 unspecified atom stereocenters. The van der Waals surface area contributed by atoms with E-state index in [-0.39, 0.29) is 5.97 Å². The Balaban J connectivity index is 3.11. The van der Waals surface area contributed by atoms with Gasteiger partial charge in [-0.2, -0.15) is 0 Å². The van der Waals surface area contributed by atoms with Crippen LogP contribution in [0.3, 0.4) is 0 Å². The molecule has 0 aromatic heterocycles. The largest absolute Gasteiger partial charge is 0.466 e. The van der Waals surface area contributed by atoms with E-state index in [4.69, 9.17) is 4.74 Å². The number of hydrogen-bond donors (Lipinski definition) is 0. The Kier molecular flexibility index (Phi) is 9.17. The van der Waals surface area contributed by atoms with Crippen LogP contribution in [0.15, 0.2) is 0 Å². The van der Waals surface area contributed by atoms with Crippen molar-refractivity contribution >= 4 is 5.97 Å². The number of carbonyl (C=O) groups is 1. The quantitative estimate of drug-likeness (QED) is 0.429. The first-order valence-corrected chi connectivity index (χ1v) is 5.26. The molecular weight excluding hydrogens is 164 g/mol. The first-order valence-electron chi connectivity index (χ1n) is 5.26. The van der Waals surface area contributed by atoms with Gasteiger partial charge in [0.05, 0.1) is 6.61 Å². The molecule has 0 aliphatic heterocycles. The molecule has 0 atom stereocenters. The van der Waals surface area contributed by atoms with Gasteiger partial charge in [-0.1, -0.05) is 39.5 Å². The summed E-state index contributed by atoms with van der Waals surface area (Å²) in [5.41, 5.74) is 0. The maximum atomic E-state index is 11.0. The molecule has 0 aromatic carbocycles. The molecule has 0 spiro atoms. The molecule has 0 bridgehead atoms. The molecule has 0 heterocycles. The van der Waals surface area contributed by atoms with Crippen molar-refractivity contribution in [3.05, 3.63) is 6.92 Å². The van der Waals surface area contributed by atoms with Crippen molar-refractivity contribution in [2.45, 2.75) is 51.9 Å². The van der Waals surface area contributed by atoms with E-state index in [1.54, 1.807) is 0 Å². The van der Waals surface area contributed by atoms with Crippen LogP contribution >= 0.6 is 0 Å². The zero-order valence-electron chi connectivity index (χ0n) is 8.68. The maximum Gasteiger partial charge on any atom is 0.305 e. The van der Waals surface area contributed by atoms with Gasteiger partial charge in [-0.25, -0.2) is 0 Å². The van der Waals surface area contributed by atoms with Crippen molar-refractivity contribution in [2.75, 3.05) is 6.61 Å². The van der Waals surface area contributed by atoms with Crippen molar-refractivity contribution in [3.8, 4) is 0 Å². The average Bonchev–Trinajstić information content (AvgIpc) is 2.13. The van der Waals surface area contributed by atoms with Crippen molar-refractivity contribution in [2.24, 2.45) is 0 Å². The lowest BCUT2D eigenvalue weighted by atomic mass is 10.2. The second-order valence-electron chi connectivity index (χ2n) is 3.24. The van der Waals surface area contributed by atoms with Crippen LogP contribution in [0.1, 0.15) is 51.9 Å². The van der Waals surface area contributed by atoms with Crippen molar-refractivity contribution in [1.29, 1.82) is 0 Å². The van der Waals surface area contributed by atoms with Gasteiger partial charge in [-0.15, -0.1) is 0 Å². The van der Waals surface area contributed by atoms with E-state index in [2.05, 4.69) is 13.8 Å². The summed E-state index contributed by atoms with van der Waals surface area (Å²) in [7, 11) is 0. The number of hydrogen-bond acceptors (Lipinski definition) is 2. The fourth-order valence-electron chi connectivity index (χ4n) is 1.03. The smallest absolute Gasteiger partial charge is 0.305 e. The van der Waals surface area contributed by atoms with Crippen LogP contribution in [0.4, 0.5) is 0 Å².